The minimum absolute atomic E-state index is 0.0372. The van der Waals surface area contributed by atoms with E-state index in [1.54, 1.807) is 0 Å². The lowest BCUT2D eigenvalue weighted by Gasteiger charge is -2.29. The lowest BCUT2D eigenvalue weighted by atomic mass is 10.2. The summed E-state index contributed by atoms with van der Waals surface area (Å²) in [5.41, 5.74) is 0. The molecule has 2 aliphatic rings. The second kappa shape index (κ2) is 8.49. The summed E-state index contributed by atoms with van der Waals surface area (Å²) in [5.74, 6) is 0. The molecule has 0 aromatic rings. The van der Waals surface area contributed by atoms with Gasteiger partial charge in [-0.1, -0.05) is 0 Å². The van der Waals surface area contributed by atoms with E-state index in [9.17, 15) is 4.79 Å². The van der Waals surface area contributed by atoms with E-state index in [4.69, 9.17) is 22.8 Å². The molecule has 128 valence electrons. The zero-order chi connectivity index (χ0) is 16.0. The molecule has 2 saturated heterocycles. The van der Waals surface area contributed by atoms with Gasteiger partial charge in [-0.15, -0.1) is 0 Å². The lowest BCUT2D eigenvalue weighted by molar-refractivity contribution is -0.122. The fourth-order valence-electron chi connectivity index (χ4n) is 2.90. The Bertz CT molecular complexity index is 353. The molecule has 2 fully saturated rings. The van der Waals surface area contributed by atoms with Crippen LogP contribution in [0.25, 0.3) is 0 Å². The average molecular weight is 333 g/mol. The molecule has 2 aliphatic heterocycles. The molecule has 0 aromatic heterocycles. The van der Waals surface area contributed by atoms with Gasteiger partial charge in [0.1, 0.15) is 6.10 Å². The van der Waals surface area contributed by atoms with E-state index < -0.39 is 8.80 Å². The van der Waals surface area contributed by atoms with Crippen molar-refractivity contribution in [2.75, 3.05) is 54.2 Å². The summed E-state index contributed by atoms with van der Waals surface area (Å²) in [5, 5.41) is -0.0372. The highest BCUT2D eigenvalue weighted by atomic mass is 28.4. The Morgan fingerprint density at radius 2 is 1.95 bits per heavy atom. The molecule has 2 rings (SSSR count). The van der Waals surface area contributed by atoms with Gasteiger partial charge in [0, 0.05) is 34.5 Å². The smallest absolute Gasteiger partial charge is 0.379 e. The van der Waals surface area contributed by atoms with E-state index in [1.165, 1.54) is 21.3 Å². The molecule has 2 unspecified atom stereocenters. The standard InChI is InChI=1S/C14H27NO6Si/c1-17-22(18-2,19-3)14(16)13-6-4-7-15(13)8-5-9-20-10-12-11-21-12/h12-13H,4-11H2,1-3H3. The summed E-state index contributed by atoms with van der Waals surface area (Å²) >= 11 is 0. The molecular weight excluding hydrogens is 306 g/mol. The highest BCUT2D eigenvalue weighted by Gasteiger charge is 2.52. The van der Waals surface area contributed by atoms with Crippen LogP contribution in [0.15, 0.2) is 0 Å². The molecule has 22 heavy (non-hydrogen) atoms. The zero-order valence-electron chi connectivity index (χ0n) is 13.7. The number of carbonyl (C=O) groups excluding carboxylic acids is 1. The third kappa shape index (κ3) is 4.35. The Morgan fingerprint density at radius 1 is 1.27 bits per heavy atom. The van der Waals surface area contributed by atoms with Gasteiger partial charge in [-0.05, 0) is 25.8 Å². The van der Waals surface area contributed by atoms with Crippen LogP contribution in [0.4, 0.5) is 0 Å². The number of hydrogen-bond donors (Lipinski definition) is 0. The van der Waals surface area contributed by atoms with Crippen LogP contribution < -0.4 is 0 Å². The maximum Gasteiger partial charge on any atom is 0.575 e. The maximum atomic E-state index is 12.8. The molecule has 0 N–H and O–H groups in total. The number of rotatable bonds is 11. The highest BCUT2D eigenvalue weighted by Crippen LogP contribution is 2.23. The number of epoxide rings is 1. The van der Waals surface area contributed by atoms with Crippen molar-refractivity contribution < 1.29 is 27.5 Å². The molecule has 0 bridgehead atoms. The molecule has 7 nitrogen and oxygen atoms in total. The minimum atomic E-state index is -3.22. The van der Waals surface area contributed by atoms with Crippen LogP contribution in [0, 0.1) is 0 Å². The van der Waals surface area contributed by atoms with Gasteiger partial charge in [0.2, 0.25) is 5.41 Å². The largest absolute Gasteiger partial charge is 0.575 e. The van der Waals surface area contributed by atoms with Gasteiger partial charge >= 0.3 is 8.80 Å². The number of ether oxygens (including phenoxy) is 2. The van der Waals surface area contributed by atoms with E-state index in [0.29, 0.717) is 19.3 Å². The molecule has 0 aromatic carbocycles. The Balaban J connectivity index is 1.79. The summed E-state index contributed by atoms with van der Waals surface area (Å²) in [7, 11) is 1.21. The average Bonchev–Trinajstić information content (AvgIpc) is 3.25. The summed E-state index contributed by atoms with van der Waals surface area (Å²) in [6, 6.07) is -0.168. The first kappa shape index (κ1) is 18.0. The van der Waals surface area contributed by atoms with Crippen molar-refractivity contribution in [3.8, 4) is 0 Å². The SMILES string of the molecule is CO[Si](OC)(OC)C(=O)C1CCCN1CCCOCC1CO1. The first-order chi connectivity index (χ1) is 10.7. The maximum absolute atomic E-state index is 12.8. The normalized spacial score (nSPS) is 25.6. The van der Waals surface area contributed by atoms with Crippen molar-refractivity contribution in [2.24, 2.45) is 0 Å². The second-order valence-electron chi connectivity index (χ2n) is 5.61. The van der Waals surface area contributed by atoms with Crippen LogP contribution in [-0.4, -0.2) is 85.5 Å². The van der Waals surface area contributed by atoms with Crippen LogP contribution in [0.3, 0.4) is 0 Å². The fraction of sp³-hybridized carbons (Fsp3) is 0.929. The van der Waals surface area contributed by atoms with Crippen molar-refractivity contribution in [3.63, 3.8) is 0 Å². The second-order valence-corrected chi connectivity index (χ2v) is 8.44. The van der Waals surface area contributed by atoms with Gasteiger partial charge in [-0.2, -0.15) is 0 Å². The van der Waals surface area contributed by atoms with E-state index in [2.05, 4.69) is 4.90 Å². The molecule has 0 aliphatic carbocycles. The monoisotopic (exact) mass is 333 g/mol. The van der Waals surface area contributed by atoms with Gasteiger partial charge in [-0.3, -0.25) is 9.69 Å². The number of likely N-dealkylation sites (tertiary alicyclic amines) is 1. The van der Waals surface area contributed by atoms with Crippen molar-refractivity contribution in [3.05, 3.63) is 0 Å². The van der Waals surface area contributed by atoms with Gasteiger partial charge in [0.25, 0.3) is 0 Å². The number of nitrogens with zero attached hydrogens (tertiary/aromatic N) is 1. The van der Waals surface area contributed by atoms with Gasteiger partial charge < -0.3 is 22.8 Å². The van der Waals surface area contributed by atoms with E-state index in [1.807, 2.05) is 0 Å². The van der Waals surface area contributed by atoms with Crippen molar-refractivity contribution >= 4 is 14.2 Å². The topological polar surface area (TPSA) is 69.8 Å². The minimum Gasteiger partial charge on any atom is -0.379 e. The quantitative estimate of drug-likeness (QED) is 0.305. The van der Waals surface area contributed by atoms with Crippen molar-refractivity contribution in [1.82, 2.24) is 4.90 Å². The summed E-state index contributed by atoms with van der Waals surface area (Å²) in [6.07, 6.45) is 3.05. The van der Waals surface area contributed by atoms with Crippen molar-refractivity contribution in [2.45, 2.75) is 31.4 Å². The van der Waals surface area contributed by atoms with Crippen LogP contribution in [0.2, 0.25) is 0 Å². The predicted molar refractivity (Wildman–Crippen MR) is 81.6 cm³/mol. The zero-order valence-corrected chi connectivity index (χ0v) is 14.7. The third-order valence-corrected chi connectivity index (χ3v) is 6.76. The highest BCUT2D eigenvalue weighted by molar-refractivity contribution is 6.93. The van der Waals surface area contributed by atoms with Crippen molar-refractivity contribution in [1.29, 1.82) is 0 Å². The lowest BCUT2D eigenvalue weighted by Crippen LogP contribution is -2.58. The Morgan fingerprint density at radius 3 is 2.55 bits per heavy atom. The molecule has 0 amide bonds. The Hall–Kier alpha value is -0.353. The molecule has 2 atom stereocenters. The van der Waals surface area contributed by atoms with Crippen LogP contribution in [0.5, 0.6) is 0 Å². The van der Waals surface area contributed by atoms with Crippen LogP contribution in [-0.2, 0) is 27.5 Å². The molecule has 0 saturated carbocycles. The molecule has 8 heteroatoms. The predicted octanol–water partition coefficient (Wildman–Crippen LogP) is 0.243. The Labute approximate surface area is 133 Å². The van der Waals surface area contributed by atoms with E-state index >= 15 is 0 Å². The molecule has 2 heterocycles. The van der Waals surface area contributed by atoms with Gasteiger partial charge in [0.15, 0.2) is 0 Å². The first-order valence-corrected chi connectivity index (χ1v) is 9.52. The van der Waals surface area contributed by atoms with E-state index in [-0.39, 0.29) is 11.4 Å². The summed E-state index contributed by atoms with van der Waals surface area (Å²) in [4.78, 5) is 14.9. The first-order valence-electron chi connectivity index (χ1n) is 7.80. The summed E-state index contributed by atoms with van der Waals surface area (Å²) in [6.45, 7) is 3.95. The molecular formula is C14H27NO6Si. The van der Waals surface area contributed by atoms with Gasteiger partial charge in [0.05, 0.1) is 19.3 Å². The summed E-state index contributed by atoms with van der Waals surface area (Å²) < 4.78 is 26.6. The Kier molecular flexibility index (Phi) is 6.94. The van der Waals surface area contributed by atoms with Crippen LogP contribution in [0.1, 0.15) is 19.3 Å². The number of hydrogen-bond acceptors (Lipinski definition) is 7. The van der Waals surface area contributed by atoms with Gasteiger partial charge in [-0.25, -0.2) is 0 Å². The fourth-order valence-corrected chi connectivity index (χ4v) is 4.73. The molecule has 0 spiro atoms. The van der Waals surface area contributed by atoms with E-state index in [0.717, 1.165) is 39.0 Å². The third-order valence-electron chi connectivity index (χ3n) is 4.21. The van der Waals surface area contributed by atoms with Crippen LogP contribution >= 0.6 is 0 Å². The number of carbonyl (C=O) groups is 1. The molecule has 0 radical (unpaired) electrons.